The number of hydrogen-bond donors (Lipinski definition) is 2. The summed E-state index contributed by atoms with van der Waals surface area (Å²) in [6.45, 7) is 2.59. The number of carbonyl (C=O) groups is 3. The number of rotatable bonds is 6. The van der Waals surface area contributed by atoms with Gasteiger partial charge in [0, 0.05) is 17.8 Å². The van der Waals surface area contributed by atoms with E-state index in [1.165, 1.54) is 7.11 Å². The molecule has 2 amide bonds. The van der Waals surface area contributed by atoms with Crippen molar-refractivity contribution < 1.29 is 19.1 Å². The first kappa shape index (κ1) is 15.7. The zero-order valence-electron chi connectivity index (χ0n) is 11.6. The summed E-state index contributed by atoms with van der Waals surface area (Å²) < 4.78 is 4.39. The molecule has 0 aliphatic carbocycles. The van der Waals surface area contributed by atoms with E-state index < -0.39 is 11.9 Å². The quantitative estimate of drug-likeness (QED) is 0.607. The third-order valence-corrected chi connectivity index (χ3v) is 2.50. The number of hydrogen-bond acceptors (Lipinski definition) is 4. The van der Waals surface area contributed by atoms with Gasteiger partial charge in [0.05, 0.1) is 7.11 Å². The molecule has 2 N–H and O–H groups in total. The van der Waals surface area contributed by atoms with Gasteiger partial charge >= 0.3 is 5.97 Å². The minimum absolute atomic E-state index is 0.153. The fraction of sp³-hybridized carbons (Fsp3) is 0.357. The second-order valence-corrected chi connectivity index (χ2v) is 4.13. The van der Waals surface area contributed by atoms with Gasteiger partial charge in [-0.2, -0.15) is 0 Å². The van der Waals surface area contributed by atoms with Gasteiger partial charge < -0.3 is 15.4 Å². The molecule has 1 aromatic carbocycles. The lowest BCUT2D eigenvalue weighted by molar-refractivity contribution is -0.142. The van der Waals surface area contributed by atoms with Crippen LogP contribution in [-0.2, 0) is 14.3 Å². The standard InChI is InChI=1S/C14H18N2O4/c1-3-8-15-14(19)10-4-6-11(7-5-10)16-12(17)9-13(18)20-2/h4-7H,3,8-9H2,1-2H3,(H,15,19)(H,16,17). The first-order valence-electron chi connectivity index (χ1n) is 6.31. The maximum absolute atomic E-state index is 11.7. The molecule has 0 saturated heterocycles. The largest absolute Gasteiger partial charge is 0.469 e. The minimum atomic E-state index is -0.599. The third-order valence-electron chi connectivity index (χ3n) is 2.50. The number of esters is 1. The molecule has 1 rings (SSSR count). The maximum Gasteiger partial charge on any atom is 0.315 e. The van der Waals surface area contributed by atoms with Crippen molar-refractivity contribution in [1.29, 1.82) is 0 Å². The molecule has 20 heavy (non-hydrogen) atoms. The van der Waals surface area contributed by atoms with Crippen LogP contribution in [0.4, 0.5) is 5.69 Å². The zero-order valence-corrected chi connectivity index (χ0v) is 11.6. The Balaban J connectivity index is 2.56. The van der Waals surface area contributed by atoms with Crippen LogP contribution in [0, 0.1) is 0 Å². The second kappa shape index (κ2) is 7.93. The highest BCUT2D eigenvalue weighted by atomic mass is 16.5. The molecular weight excluding hydrogens is 260 g/mol. The van der Waals surface area contributed by atoms with Crippen molar-refractivity contribution in [3.63, 3.8) is 0 Å². The number of carbonyl (C=O) groups excluding carboxylic acids is 3. The number of methoxy groups -OCH3 is 1. The molecule has 6 nitrogen and oxygen atoms in total. The monoisotopic (exact) mass is 278 g/mol. The molecule has 0 heterocycles. The normalized spacial score (nSPS) is 9.70. The molecule has 0 spiro atoms. The van der Waals surface area contributed by atoms with E-state index in [-0.39, 0.29) is 12.3 Å². The Bertz CT molecular complexity index is 482. The lowest BCUT2D eigenvalue weighted by Crippen LogP contribution is -2.24. The van der Waals surface area contributed by atoms with Crippen LogP contribution in [0.3, 0.4) is 0 Å². The summed E-state index contributed by atoms with van der Waals surface area (Å²) in [5.41, 5.74) is 1.04. The Morgan fingerprint density at radius 2 is 1.80 bits per heavy atom. The van der Waals surface area contributed by atoms with Gasteiger partial charge in [-0.15, -0.1) is 0 Å². The van der Waals surface area contributed by atoms with Crippen molar-refractivity contribution in [1.82, 2.24) is 5.32 Å². The van der Waals surface area contributed by atoms with Gasteiger partial charge in [0.2, 0.25) is 5.91 Å². The fourth-order valence-corrected chi connectivity index (χ4v) is 1.45. The predicted molar refractivity (Wildman–Crippen MR) is 74.3 cm³/mol. The van der Waals surface area contributed by atoms with Gasteiger partial charge in [0.1, 0.15) is 6.42 Å². The smallest absolute Gasteiger partial charge is 0.315 e. The number of amides is 2. The first-order valence-corrected chi connectivity index (χ1v) is 6.31. The molecule has 0 aliphatic rings. The Hall–Kier alpha value is -2.37. The summed E-state index contributed by atoms with van der Waals surface area (Å²) in [5.74, 6) is -1.21. The van der Waals surface area contributed by atoms with E-state index in [1.54, 1.807) is 24.3 Å². The van der Waals surface area contributed by atoms with Gasteiger partial charge in [-0.3, -0.25) is 14.4 Å². The molecule has 6 heteroatoms. The van der Waals surface area contributed by atoms with Crippen LogP contribution in [0.5, 0.6) is 0 Å². The van der Waals surface area contributed by atoms with Crippen molar-refractivity contribution in [2.75, 3.05) is 19.0 Å². The maximum atomic E-state index is 11.7. The van der Waals surface area contributed by atoms with E-state index in [2.05, 4.69) is 15.4 Å². The molecule has 1 aromatic rings. The third kappa shape index (κ3) is 5.09. The van der Waals surface area contributed by atoms with Crippen LogP contribution >= 0.6 is 0 Å². The van der Waals surface area contributed by atoms with Gasteiger partial charge in [-0.05, 0) is 30.7 Å². The van der Waals surface area contributed by atoms with Crippen LogP contribution in [0.1, 0.15) is 30.1 Å². The average molecular weight is 278 g/mol. The van der Waals surface area contributed by atoms with Gasteiger partial charge in [0.15, 0.2) is 0 Å². The van der Waals surface area contributed by atoms with Crippen molar-refractivity contribution >= 4 is 23.5 Å². The van der Waals surface area contributed by atoms with E-state index in [9.17, 15) is 14.4 Å². The number of anilines is 1. The highest BCUT2D eigenvalue weighted by Crippen LogP contribution is 2.10. The Morgan fingerprint density at radius 3 is 2.35 bits per heavy atom. The first-order chi connectivity index (χ1) is 9.56. The highest BCUT2D eigenvalue weighted by Gasteiger charge is 2.10. The van der Waals surface area contributed by atoms with E-state index in [0.717, 1.165) is 6.42 Å². The van der Waals surface area contributed by atoms with Crippen LogP contribution < -0.4 is 10.6 Å². The molecule has 108 valence electrons. The second-order valence-electron chi connectivity index (χ2n) is 4.13. The van der Waals surface area contributed by atoms with Crippen molar-refractivity contribution in [2.45, 2.75) is 19.8 Å². The molecule has 0 bridgehead atoms. The summed E-state index contributed by atoms with van der Waals surface area (Å²) in [6.07, 6.45) is 0.530. The highest BCUT2D eigenvalue weighted by molar-refractivity contribution is 6.02. The fourth-order valence-electron chi connectivity index (χ4n) is 1.45. The summed E-state index contributed by atoms with van der Waals surface area (Å²) in [6, 6.07) is 6.43. The predicted octanol–water partition coefficient (Wildman–Crippen LogP) is 1.33. The molecule has 0 aromatic heterocycles. The molecule has 0 unspecified atom stereocenters. The van der Waals surface area contributed by atoms with Crippen molar-refractivity contribution in [3.05, 3.63) is 29.8 Å². The van der Waals surface area contributed by atoms with Gasteiger partial charge in [-0.25, -0.2) is 0 Å². The zero-order chi connectivity index (χ0) is 15.0. The topological polar surface area (TPSA) is 84.5 Å². The van der Waals surface area contributed by atoms with E-state index >= 15 is 0 Å². The van der Waals surface area contributed by atoms with Crippen LogP contribution in [0.25, 0.3) is 0 Å². The van der Waals surface area contributed by atoms with E-state index in [4.69, 9.17) is 0 Å². The lowest BCUT2D eigenvalue weighted by atomic mass is 10.2. The average Bonchev–Trinajstić information content (AvgIpc) is 2.45. The summed E-state index contributed by atoms with van der Waals surface area (Å²) >= 11 is 0. The summed E-state index contributed by atoms with van der Waals surface area (Å²) in [4.78, 5) is 34.0. The molecule has 0 atom stereocenters. The summed E-state index contributed by atoms with van der Waals surface area (Å²) in [5, 5.41) is 5.30. The SMILES string of the molecule is CCCNC(=O)c1ccc(NC(=O)CC(=O)OC)cc1. The number of ether oxygens (including phenoxy) is 1. The van der Waals surface area contributed by atoms with Gasteiger partial charge in [0.25, 0.3) is 5.91 Å². The Labute approximate surface area is 117 Å². The molecular formula is C14H18N2O4. The van der Waals surface area contributed by atoms with Crippen LogP contribution in [-0.4, -0.2) is 31.4 Å². The van der Waals surface area contributed by atoms with E-state index in [1.807, 2.05) is 6.92 Å². The van der Waals surface area contributed by atoms with E-state index in [0.29, 0.717) is 17.8 Å². The minimum Gasteiger partial charge on any atom is -0.469 e. The summed E-state index contributed by atoms with van der Waals surface area (Å²) in [7, 11) is 1.22. The molecule has 0 saturated carbocycles. The van der Waals surface area contributed by atoms with Crippen molar-refractivity contribution in [3.8, 4) is 0 Å². The lowest BCUT2D eigenvalue weighted by Gasteiger charge is -2.06. The van der Waals surface area contributed by atoms with Crippen LogP contribution in [0.2, 0.25) is 0 Å². The number of nitrogens with one attached hydrogen (secondary N) is 2. The van der Waals surface area contributed by atoms with Crippen molar-refractivity contribution in [2.24, 2.45) is 0 Å². The van der Waals surface area contributed by atoms with Gasteiger partial charge in [-0.1, -0.05) is 6.92 Å². The molecule has 0 aliphatic heterocycles. The van der Waals surface area contributed by atoms with Crippen LogP contribution in [0.15, 0.2) is 24.3 Å². The Morgan fingerprint density at radius 1 is 1.15 bits per heavy atom. The number of benzene rings is 1. The molecule has 0 radical (unpaired) electrons. The molecule has 0 fully saturated rings. The Kier molecular flexibility index (Phi) is 6.22.